The molecule has 3 rings (SSSR count). The number of nitrogens with one attached hydrogen (secondary N) is 1. The maximum absolute atomic E-state index is 5.74. The van der Waals surface area contributed by atoms with Gasteiger partial charge in [-0.05, 0) is 36.0 Å². The SMILES string of the molecule is CC(C)(C)c1ccc(-c2nnc(CCNC3CC3)o2)cc1. The summed E-state index contributed by atoms with van der Waals surface area (Å²) < 4.78 is 5.74. The molecular formula is C17H23N3O. The Morgan fingerprint density at radius 1 is 1.14 bits per heavy atom. The van der Waals surface area contributed by atoms with E-state index >= 15 is 0 Å². The summed E-state index contributed by atoms with van der Waals surface area (Å²) in [5.74, 6) is 1.31. The summed E-state index contributed by atoms with van der Waals surface area (Å²) in [5, 5.41) is 11.7. The van der Waals surface area contributed by atoms with Crippen LogP contribution in [0.3, 0.4) is 0 Å². The minimum absolute atomic E-state index is 0.160. The average Bonchev–Trinajstić information content (AvgIpc) is 3.14. The van der Waals surface area contributed by atoms with E-state index in [1.165, 1.54) is 18.4 Å². The smallest absolute Gasteiger partial charge is 0.247 e. The van der Waals surface area contributed by atoms with Crippen LogP contribution in [0.5, 0.6) is 0 Å². The summed E-state index contributed by atoms with van der Waals surface area (Å²) in [6, 6.07) is 9.10. The van der Waals surface area contributed by atoms with Gasteiger partial charge in [-0.1, -0.05) is 32.9 Å². The first-order valence-corrected chi connectivity index (χ1v) is 7.69. The van der Waals surface area contributed by atoms with Crippen LogP contribution in [0.15, 0.2) is 28.7 Å². The van der Waals surface area contributed by atoms with E-state index in [0.717, 1.165) is 24.6 Å². The molecule has 0 bridgehead atoms. The van der Waals surface area contributed by atoms with Gasteiger partial charge >= 0.3 is 0 Å². The molecule has 1 aliphatic rings. The van der Waals surface area contributed by atoms with Crippen LogP contribution in [0.2, 0.25) is 0 Å². The first-order valence-electron chi connectivity index (χ1n) is 7.69. The lowest BCUT2D eigenvalue weighted by Gasteiger charge is -2.18. The van der Waals surface area contributed by atoms with Crippen LogP contribution in [0.4, 0.5) is 0 Å². The van der Waals surface area contributed by atoms with Crippen molar-refractivity contribution in [3.8, 4) is 11.5 Å². The highest BCUT2D eigenvalue weighted by Crippen LogP contribution is 2.25. The van der Waals surface area contributed by atoms with E-state index in [1.54, 1.807) is 0 Å². The van der Waals surface area contributed by atoms with E-state index in [-0.39, 0.29) is 5.41 Å². The molecule has 1 fully saturated rings. The first-order chi connectivity index (χ1) is 10.0. The summed E-state index contributed by atoms with van der Waals surface area (Å²) in [5.41, 5.74) is 2.45. The van der Waals surface area contributed by atoms with Crippen LogP contribution in [-0.4, -0.2) is 22.8 Å². The molecule has 21 heavy (non-hydrogen) atoms. The quantitative estimate of drug-likeness (QED) is 0.915. The number of benzene rings is 1. The normalized spacial score (nSPS) is 15.4. The average molecular weight is 285 g/mol. The number of hydrogen-bond donors (Lipinski definition) is 1. The van der Waals surface area contributed by atoms with E-state index < -0.39 is 0 Å². The molecule has 1 aromatic heterocycles. The van der Waals surface area contributed by atoms with Crippen molar-refractivity contribution in [3.05, 3.63) is 35.7 Å². The summed E-state index contributed by atoms with van der Waals surface area (Å²) in [6.07, 6.45) is 3.40. The lowest BCUT2D eigenvalue weighted by Crippen LogP contribution is -2.19. The molecule has 0 atom stereocenters. The second-order valence-corrected chi connectivity index (χ2v) is 6.81. The molecule has 1 saturated carbocycles. The molecule has 2 aromatic rings. The van der Waals surface area contributed by atoms with Crippen molar-refractivity contribution in [3.63, 3.8) is 0 Å². The molecule has 0 spiro atoms. The zero-order valence-electron chi connectivity index (χ0n) is 13.0. The Hall–Kier alpha value is -1.68. The Kier molecular flexibility index (Phi) is 3.81. The summed E-state index contributed by atoms with van der Waals surface area (Å²) in [7, 11) is 0. The summed E-state index contributed by atoms with van der Waals surface area (Å²) in [6.45, 7) is 7.54. The Morgan fingerprint density at radius 3 is 2.48 bits per heavy atom. The van der Waals surface area contributed by atoms with Crippen LogP contribution in [0.25, 0.3) is 11.5 Å². The molecule has 0 aliphatic heterocycles. The van der Waals surface area contributed by atoms with Crippen molar-refractivity contribution < 1.29 is 4.42 Å². The third-order valence-electron chi connectivity index (χ3n) is 3.81. The van der Waals surface area contributed by atoms with Gasteiger partial charge in [0, 0.05) is 24.6 Å². The molecule has 0 radical (unpaired) electrons. The molecule has 1 aromatic carbocycles. The second kappa shape index (κ2) is 5.60. The summed E-state index contributed by atoms with van der Waals surface area (Å²) in [4.78, 5) is 0. The van der Waals surface area contributed by atoms with Crippen LogP contribution >= 0.6 is 0 Å². The Morgan fingerprint density at radius 2 is 1.86 bits per heavy atom. The number of hydrogen-bond acceptors (Lipinski definition) is 4. The summed E-state index contributed by atoms with van der Waals surface area (Å²) >= 11 is 0. The van der Waals surface area contributed by atoms with Crippen LogP contribution in [-0.2, 0) is 11.8 Å². The molecule has 112 valence electrons. The number of nitrogens with zero attached hydrogens (tertiary/aromatic N) is 2. The Labute approximate surface area is 126 Å². The first kappa shape index (κ1) is 14.3. The van der Waals surface area contributed by atoms with E-state index in [4.69, 9.17) is 4.42 Å². The van der Waals surface area contributed by atoms with Gasteiger partial charge in [0.1, 0.15) is 0 Å². The molecule has 0 amide bonds. The Bertz CT molecular complexity index is 591. The second-order valence-electron chi connectivity index (χ2n) is 6.81. The highest BCUT2D eigenvalue weighted by Gasteiger charge is 2.20. The standard InChI is InChI=1S/C17H23N3O/c1-17(2,3)13-6-4-12(5-7-13)16-20-19-15(21-16)10-11-18-14-8-9-14/h4-7,14,18H,8-11H2,1-3H3. The van der Waals surface area contributed by atoms with E-state index in [1.807, 2.05) is 0 Å². The van der Waals surface area contributed by atoms with Gasteiger partial charge in [-0.25, -0.2) is 0 Å². The van der Waals surface area contributed by atoms with Gasteiger partial charge in [-0.15, -0.1) is 10.2 Å². The zero-order chi connectivity index (χ0) is 14.9. The fourth-order valence-corrected chi connectivity index (χ4v) is 2.25. The number of rotatable bonds is 5. The molecule has 4 heteroatoms. The van der Waals surface area contributed by atoms with Gasteiger partial charge in [0.05, 0.1) is 0 Å². The van der Waals surface area contributed by atoms with Crippen molar-refractivity contribution in [2.75, 3.05) is 6.54 Å². The third kappa shape index (κ3) is 3.70. The van der Waals surface area contributed by atoms with Crippen molar-refractivity contribution >= 4 is 0 Å². The molecule has 1 aliphatic carbocycles. The van der Waals surface area contributed by atoms with Crippen LogP contribution in [0.1, 0.15) is 45.1 Å². The van der Waals surface area contributed by atoms with Crippen LogP contribution in [0, 0.1) is 0 Å². The van der Waals surface area contributed by atoms with Gasteiger partial charge in [-0.3, -0.25) is 0 Å². The maximum Gasteiger partial charge on any atom is 0.247 e. The van der Waals surface area contributed by atoms with Gasteiger partial charge in [0.15, 0.2) is 0 Å². The topological polar surface area (TPSA) is 51.0 Å². The van der Waals surface area contributed by atoms with Crippen molar-refractivity contribution in [2.45, 2.75) is 51.5 Å². The lowest BCUT2D eigenvalue weighted by molar-refractivity contribution is 0.494. The van der Waals surface area contributed by atoms with Crippen molar-refractivity contribution in [2.24, 2.45) is 0 Å². The minimum Gasteiger partial charge on any atom is -0.421 e. The molecular weight excluding hydrogens is 262 g/mol. The van der Waals surface area contributed by atoms with Crippen molar-refractivity contribution in [1.29, 1.82) is 0 Å². The fraction of sp³-hybridized carbons (Fsp3) is 0.529. The van der Waals surface area contributed by atoms with Gasteiger partial charge in [0.25, 0.3) is 0 Å². The Balaban J connectivity index is 1.64. The largest absolute Gasteiger partial charge is 0.421 e. The predicted octanol–water partition coefficient (Wildman–Crippen LogP) is 3.33. The van der Waals surface area contributed by atoms with Crippen LogP contribution < -0.4 is 5.32 Å². The van der Waals surface area contributed by atoms with Gasteiger partial charge < -0.3 is 9.73 Å². The molecule has 0 unspecified atom stereocenters. The van der Waals surface area contributed by atoms with E-state index in [2.05, 4.69) is 60.6 Å². The predicted molar refractivity (Wildman–Crippen MR) is 83.2 cm³/mol. The highest BCUT2D eigenvalue weighted by atomic mass is 16.4. The fourth-order valence-electron chi connectivity index (χ4n) is 2.25. The highest BCUT2D eigenvalue weighted by molar-refractivity contribution is 5.53. The minimum atomic E-state index is 0.160. The molecule has 0 saturated heterocycles. The van der Waals surface area contributed by atoms with E-state index in [9.17, 15) is 0 Å². The lowest BCUT2D eigenvalue weighted by atomic mass is 9.87. The molecule has 1 N–H and O–H groups in total. The third-order valence-corrected chi connectivity index (χ3v) is 3.81. The molecule has 4 nitrogen and oxygen atoms in total. The van der Waals surface area contributed by atoms with Crippen molar-refractivity contribution in [1.82, 2.24) is 15.5 Å². The number of aromatic nitrogens is 2. The van der Waals surface area contributed by atoms with Gasteiger partial charge in [0.2, 0.25) is 11.8 Å². The zero-order valence-corrected chi connectivity index (χ0v) is 13.0. The van der Waals surface area contributed by atoms with E-state index in [0.29, 0.717) is 11.8 Å². The monoisotopic (exact) mass is 285 g/mol. The molecule has 1 heterocycles. The van der Waals surface area contributed by atoms with Gasteiger partial charge in [-0.2, -0.15) is 0 Å². The maximum atomic E-state index is 5.74.